The molecule has 1 unspecified atom stereocenters. The van der Waals surface area contributed by atoms with Crippen molar-refractivity contribution in [2.45, 2.75) is 13.0 Å². The summed E-state index contributed by atoms with van der Waals surface area (Å²) in [5.41, 5.74) is 4.24. The number of amides is 1. The molecule has 7 nitrogen and oxygen atoms in total. The predicted octanol–water partition coefficient (Wildman–Crippen LogP) is 1.69. The first-order valence-corrected chi connectivity index (χ1v) is 9.38. The Hall–Kier alpha value is -2.42. The summed E-state index contributed by atoms with van der Waals surface area (Å²) in [5.74, 6) is -0.688. The molecule has 25 heavy (non-hydrogen) atoms. The molecule has 0 aromatic heterocycles. The van der Waals surface area contributed by atoms with Crippen LogP contribution in [0.5, 0.6) is 0 Å². The van der Waals surface area contributed by atoms with E-state index < -0.39 is 16.1 Å². The zero-order valence-corrected chi connectivity index (χ0v) is 14.1. The number of carbonyl (C=O) groups excluding carboxylic acids is 1. The fraction of sp³-hybridized carbons (Fsp3) is 0.235. The lowest BCUT2D eigenvalue weighted by Gasteiger charge is -2.27. The maximum atomic E-state index is 11.9. The third kappa shape index (κ3) is 2.88. The topological polar surface area (TPSA) is 105 Å². The van der Waals surface area contributed by atoms with E-state index in [0.717, 1.165) is 22.3 Å². The number of hydrogen-bond acceptors (Lipinski definition) is 4. The molecular formula is C17H16N4O3S. The Kier molecular flexibility index (Phi) is 3.75. The molecule has 1 aromatic carbocycles. The van der Waals surface area contributed by atoms with E-state index >= 15 is 0 Å². The quantitative estimate of drug-likeness (QED) is 0.871. The van der Waals surface area contributed by atoms with Crippen LogP contribution in [0.1, 0.15) is 16.7 Å². The van der Waals surface area contributed by atoms with Gasteiger partial charge in [-0.15, -0.1) is 10.2 Å². The van der Waals surface area contributed by atoms with Crippen LogP contribution in [-0.2, 0) is 28.0 Å². The summed E-state index contributed by atoms with van der Waals surface area (Å²) in [6.45, 7) is 0.614. The monoisotopic (exact) mass is 356 g/mol. The smallest absolute Gasteiger partial charge is 0.270 e. The minimum atomic E-state index is -3.72. The van der Waals surface area contributed by atoms with Gasteiger partial charge in [-0.2, -0.15) is 12.7 Å². The van der Waals surface area contributed by atoms with E-state index in [1.807, 2.05) is 36.4 Å². The molecule has 0 saturated heterocycles. The van der Waals surface area contributed by atoms with Crippen molar-refractivity contribution < 1.29 is 13.2 Å². The summed E-state index contributed by atoms with van der Waals surface area (Å²) < 4.78 is 24.5. The molecule has 0 fully saturated rings. The second-order valence-electron chi connectivity index (χ2n) is 6.18. The van der Waals surface area contributed by atoms with Gasteiger partial charge in [0.25, 0.3) is 16.1 Å². The van der Waals surface area contributed by atoms with Gasteiger partial charge in [-0.3, -0.25) is 4.79 Å². The lowest BCUT2D eigenvalue weighted by atomic mass is 9.88. The minimum absolute atomic E-state index is 0.236. The third-order valence-corrected chi connectivity index (χ3v) is 5.66. The first-order chi connectivity index (χ1) is 11.9. The van der Waals surface area contributed by atoms with Crippen molar-refractivity contribution in [3.63, 3.8) is 0 Å². The molecule has 1 aliphatic carbocycles. The zero-order chi connectivity index (χ0) is 17.6. The van der Waals surface area contributed by atoms with Gasteiger partial charge in [-0.25, -0.2) is 5.14 Å². The Morgan fingerprint density at radius 1 is 1.16 bits per heavy atom. The van der Waals surface area contributed by atoms with Gasteiger partial charge in [-0.1, -0.05) is 36.4 Å². The van der Waals surface area contributed by atoms with Crippen LogP contribution in [0.3, 0.4) is 0 Å². The molecular weight excluding hydrogens is 340 g/mol. The first-order valence-electron chi connectivity index (χ1n) is 7.88. The first kappa shape index (κ1) is 16.1. The van der Waals surface area contributed by atoms with Crippen molar-refractivity contribution in [2.24, 2.45) is 21.3 Å². The van der Waals surface area contributed by atoms with E-state index in [9.17, 15) is 13.2 Å². The van der Waals surface area contributed by atoms with Gasteiger partial charge in [0.15, 0.2) is 0 Å². The molecule has 0 spiro atoms. The standard InChI is InChI=1S/C17H16N4O3S/c18-25(23,24)21-8-7-11-5-6-12(9-13(11)10-21)16-14-3-1-2-4-15(14)17(22)20-19-16/h1-6,9,15H,7-8,10H2,(H2,18,23,24). The van der Waals surface area contributed by atoms with E-state index in [-0.39, 0.29) is 12.5 Å². The molecule has 2 N–H and O–H groups in total. The van der Waals surface area contributed by atoms with Crippen molar-refractivity contribution in [1.82, 2.24) is 4.31 Å². The lowest BCUT2D eigenvalue weighted by Crippen LogP contribution is -2.40. The van der Waals surface area contributed by atoms with Gasteiger partial charge >= 0.3 is 0 Å². The maximum absolute atomic E-state index is 11.9. The van der Waals surface area contributed by atoms with Gasteiger partial charge in [0.2, 0.25) is 0 Å². The van der Waals surface area contributed by atoms with Crippen molar-refractivity contribution in [2.75, 3.05) is 6.54 Å². The zero-order valence-electron chi connectivity index (χ0n) is 13.3. The molecule has 2 heterocycles. The number of allylic oxidation sites excluding steroid dienone is 3. The minimum Gasteiger partial charge on any atom is -0.270 e. The van der Waals surface area contributed by atoms with Gasteiger partial charge in [0.1, 0.15) is 0 Å². The fourth-order valence-electron chi connectivity index (χ4n) is 3.32. The molecule has 3 aliphatic rings. The lowest BCUT2D eigenvalue weighted by molar-refractivity contribution is -0.119. The molecule has 0 radical (unpaired) electrons. The Labute approximate surface area is 145 Å². The molecule has 0 saturated carbocycles. The number of nitrogens with two attached hydrogens (primary N) is 1. The molecule has 1 amide bonds. The number of nitrogens with zero attached hydrogens (tertiary/aromatic N) is 3. The average Bonchev–Trinajstić information content (AvgIpc) is 2.60. The summed E-state index contributed by atoms with van der Waals surface area (Å²) in [5, 5.41) is 13.1. The van der Waals surface area contributed by atoms with Crippen LogP contribution in [-0.4, -0.2) is 25.2 Å². The van der Waals surface area contributed by atoms with E-state index in [4.69, 9.17) is 5.14 Å². The van der Waals surface area contributed by atoms with Gasteiger partial charge in [0.05, 0.1) is 11.6 Å². The number of fused-ring (bicyclic) bond motifs is 2. The molecule has 128 valence electrons. The molecule has 2 aliphatic heterocycles. The van der Waals surface area contributed by atoms with Crippen LogP contribution < -0.4 is 5.14 Å². The van der Waals surface area contributed by atoms with Crippen LogP contribution in [0.15, 0.2) is 58.3 Å². The third-order valence-electron chi connectivity index (χ3n) is 4.63. The van der Waals surface area contributed by atoms with E-state index in [1.54, 1.807) is 6.08 Å². The van der Waals surface area contributed by atoms with Crippen LogP contribution in [0, 0.1) is 5.92 Å². The van der Waals surface area contributed by atoms with Crippen LogP contribution >= 0.6 is 0 Å². The van der Waals surface area contributed by atoms with E-state index in [0.29, 0.717) is 18.7 Å². The Morgan fingerprint density at radius 3 is 2.80 bits per heavy atom. The van der Waals surface area contributed by atoms with Gasteiger partial charge < -0.3 is 0 Å². The average molecular weight is 356 g/mol. The maximum Gasteiger partial charge on any atom is 0.277 e. The normalized spacial score (nSPS) is 22.9. The number of azo groups is 1. The van der Waals surface area contributed by atoms with Crippen molar-refractivity contribution in [3.8, 4) is 0 Å². The van der Waals surface area contributed by atoms with Gasteiger partial charge in [-0.05, 0) is 29.2 Å². The number of benzene rings is 1. The highest BCUT2D eigenvalue weighted by Crippen LogP contribution is 2.35. The number of rotatable bonds is 2. The number of hydrogen-bond donors (Lipinski definition) is 1. The summed E-state index contributed by atoms with van der Waals surface area (Å²) >= 11 is 0. The van der Waals surface area contributed by atoms with E-state index in [2.05, 4.69) is 10.2 Å². The van der Waals surface area contributed by atoms with Crippen molar-refractivity contribution in [1.29, 1.82) is 0 Å². The molecule has 1 atom stereocenters. The largest absolute Gasteiger partial charge is 0.277 e. The summed E-state index contributed by atoms with van der Waals surface area (Å²) in [4.78, 5) is 11.9. The molecule has 8 heteroatoms. The summed E-state index contributed by atoms with van der Waals surface area (Å²) in [6.07, 6.45) is 7.97. The Balaban J connectivity index is 1.76. The van der Waals surface area contributed by atoms with Crippen LogP contribution in [0.2, 0.25) is 0 Å². The van der Waals surface area contributed by atoms with E-state index in [1.165, 1.54) is 4.31 Å². The summed E-state index contributed by atoms with van der Waals surface area (Å²) in [6, 6.07) is 5.82. The highest BCUT2D eigenvalue weighted by atomic mass is 32.2. The SMILES string of the molecule is NS(=O)(=O)N1CCc2ccc(C3=C4C=CC=CC4C(=O)N=N3)cc2C1. The molecule has 1 aromatic rings. The second-order valence-corrected chi connectivity index (χ2v) is 7.72. The predicted molar refractivity (Wildman–Crippen MR) is 92.2 cm³/mol. The highest BCUT2D eigenvalue weighted by molar-refractivity contribution is 7.86. The fourth-order valence-corrected chi connectivity index (χ4v) is 3.99. The van der Waals surface area contributed by atoms with Crippen molar-refractivity contribution >= 4 is 21.8 Å². The Bertz CT molecular complexity index is 989. The molecule has 0 bridgehead atoms. The van der Waals surface area contributed by atoms with Crippen LogP contribution in [0.4, 0.5) is 0 Å². The van der Waals surface area contributed by atoms with Gasteiger partial charge in [0, 0.05) is 18.7 Å². The summed E-state index contributed by atoms with van der Waals surface area (Å²) in [7, 11) is -3.72. The van der Waals surface area contributed by atoms with Crippen molar-refractivity contribution in [3.05, 3.63) is 64.8 Å². The molecule has 4 rings (SSSR count). The Morgan fingerprint density at radius 2 is 2.00 bits per heavy atom. The second kappa shape index (κ2) is 5.83. The van der Waals surface area contributed by atoms with Crippen LogP contribution in [0.25, 0.3) is 5.70 Å². The number of carbonyl (C=O) groups is 1. The highest BCUT2D eigenvalue weighted by Gasteiger charge is 2.29.